The van der Waals surface area contributed by atoms with Crippen LogP contribution in [0.25, 0.3) is 0 Å². The summed E-state index contributed by atoms with van der Waals surface area (Å²) in [5.74, 6) is 1.65. The van der Waals surface area contributed by atoms with Crippen LogP contribution in [-0.2, 0) is 11.2 Å². The Morgan fingerprint density at radius 2 is 1.94 bits per heavy atom. The number of hydrogen-bond donors (Lipinski definition) is 0. The highest BCUT2D eigenvalue weighted by molar-refractivity contribution is 7.09. The van der Waals surface area contributed by atoms with E-state index in [1.807, 2.05) is 65.4 Å². The minimum atomic E-state index is 0.0934. The molecule has 3 aromatic rings. The number of anilines is 2. The number of nitrogens with zero attached hydrogens (tertiary/aromatic N) is 5. The number of benzene rings is 2. The molecule has 0 saturated carbocycles. The van der Waals surface area contributed by atoms with Gasteiger partial charge in [0.25, 0.3) is 0 Å². The third-order valence-electron chi connectivity index (χ3n) is 5.48. The molecule has 7 nitrogen and oxygen atoms in total. The van der Waals surface area contributed by atoms with E-state index >= 15 is 0 Å². The van der Waals surface area contributed by atoms with E-state index in [1.165, 1.54) is 11.5 Å². The van der Waals surface area contributed by atoms with E-state index in [2.05, 4.69) is 14.3 Å². The van der Waals surface area contributed by atoms with Gasteiger partial charge in [0.2, 0.25) is 11.0 Å². The molecule has 0 atom stereocenters. The zero-order chi connectivity index (χ0) is 22.5. The summed E-state index contributed by atoms with van der Waals surface area (Å²) in [6.07, 6.45) is 0.624. The van der Waals surface area contributed by atoms with Gasteiger partial charge in [-0.2, -0.15) is 4.37 Å². The first-order valence-corrected chi connectivity index (χ1v) is 11.6. The molecule has 1 fully saturated rings. The Morgan fingerprint density at radius 3 is 2.69 bits per heavy atom. The molecule has 2 aromatic carbocycles. The fraction of sp³-hybridized carbons (Fsp3) is 0.348. The van der Waals surface area contributed by atoms with E-state index in [4.69, 9.17) is 16.3 Å². The molecule has 1 aromatic heterocycles. The maximum atomic E-state index is 12.8. The number of carbonyl (C=O) groups excluding carboxylic acids is 1. The lowest BCUT2D eigenvalue weighted by Crippen LogP contribution is -2.51. The average Bonchev–Trinajstić information content (AvgIpc) is 3.28. The Balaban J connectivity index is 1.30. The van der Waals surface area contributed by atoms with Gasteiger partial charge in [0.05, 0.1) is 24.4 Å². The summed E-state index contributed by atoms with van der Waals surface area (Å²) in [7, 11) is 3.54. The van der Waals surface area contributed by atoms with Crippen LogP contribution in [0.2, 0.25) is 5.02 Å². The van der Waals surface area contributed by atoms with E-state index in [0.717, 1.165) is 46.1 Å². The van der Waals surface area contributed by atoms with Gasteiger partial charge in [-0.05, 0) is 29.8 Å². The first kappa shape index (κ1) is 22.4. The first-order chi connectivity index (χ1) is 15.5. The van der Waals surface area contributed by atoms with Crippen molar-refractivity contribution in [2.45, 2.75) is 6.42 Å². The Bertz CT molecular complexity index is 1070. The molecule has 1 aliphatic heterocycles. The van der Waals surface area contributed by atoms with Crippen molar-refractivity contribution in [2.75, 3.05) is 56.7 Å². The topological polar surface area (TPSA) is 61.8 Å². The molecule has 0 spiro atoms. The average molecular weight is 472 g/mol. The van der Waals surface area contributed by atoms with Crippen molar-refractivity contribution in [3.63, 3.8) is 0 Å². The Morgan fingerprint density at radius 1 is 1.16 bits per heavy atom. The molecule has 1 amide bonds. The number of rotatable bonds is 7. The molecule has 0 unspecified atom stereocenters. The van der Waals surface area contributed by atoms with E-state index in [9.17, 15) is 4.79 Å². The molecule has 0 N–H and O–H groups in total. The quantitative estimate of drug-likeness (QED) is 0.525. The SMILES string of the molecule is COc1cccc(Cc2nsc(N(C)CC(=O)N3CCN(c4ccccc4Cl)CC3)n2)c1. The van der Waals surface area contributed by atoms with Crippen molar-refractivity contribution < 1.29 is 9.53 Å². The van der Waals surface area contributed by atoms with Gasteiger partial charge < -0.3 is 19.4 Å². The lowest BCUT2D eigenvalue weighted by Gasteiger charge is -2.37. The van der Waals surface area contributed by atoms with Crippen molar-refractivity contribution in [3.05, 3.63) is 64.9 Å². The molecular weight excluding hydrogens is 446 g/mol. The second-order valence-corrected chi connectivity index (χ2v) is 8.83. The van der Waals surface area contributed by atoms with Gasteiger partial charge in [0.1, 0.15) is 11.6 Å². The number of likely N-dealkylation sites (N-methyl/N-ethyl adjacent to an activating group) is 1. The molecule has 0 bridgehead atoms. The number of halogens is 1. The van der Waals surface area contributed by atoms with Crippen molar-refractivity contribution in [1.29, 1.82) is 0 Å². The van der Waals surface area contributed by atoms with Gasteiger partial charge in [-0.3, -0.25) is 4.79 Å². The third-order valence-corrected chi connectivity index (χ3v) is 6.67. The van der Waals surface area contributed by atoms with Crippen LogP contribution in [0.4, 0.5) is 10.8 Å². The van der Waals surface area contributed by atoms with E-state index < -0.39 is 0 Å². The largest absolute Gasteiger partial charge is 0.497 e. The molecule has 9 heteroatoms. The molecule has 0 radical (unpaired) electrons. The van der Waals surface area contributed by atoms with Gasteiger partial charge in [-0.25, -0.2) is 4.98 Å². The standard InChI is InChI=1S/C23H26ClN5O2S/c1-27(23-25-21(26-32-23)15-17-6-5-7-18(14-17)31-2)16-22(30)29-12-10-28(11-13-29)20-9-4-3-8-19(20)24/h3-9,14H,10-13,15-16H2,1-2H3. The fourth-order valence-corrected chi connectivity index (χ4v) is 4.61. The molecule has 32 heavy (non-hydrogen) atoms. The van der Waals surface area contributed by atoms with Crippen LogP contribution in [0.5, 0.6) is 5.75 Å². The Kier molecular flexibility index (Phi) is 7.12. The van der Waals surface area contributed by atoms with Crippen molar-refractivity contribution in [3.8, 4) is 5.75 Å². The molecule has 4 rings (SSSR count). The molecular formula is C23H26ClN5O2S. The Hall–Kier alpha value is -2.84. The normalized spacial score (nSPS) is 13.8. The third kappa shape index (κ3) is 5.31. The summed E-state index contributed by atoms with van der Waals surface area (Å²) in [6, 6.07) is 15.7. The van der Waals surface area contributed by atoms with Gasteiger partial charge >= 0.3 is 0 Å². The summed E-state index contributed by atoms with van der Waals surface area (Å²) in [5.41, 5.74) is 2.11. The summed E-state index contributed by atoms with van der Waals surface area (Å²) < 4.78 is 9.74. The second kappa shape index (κ2) is 10.2. The highest BCUT2D eigenvalue weighted by Gasteiger charge is 2.24. The monoisotopic (exact) mass is 471 g/mol. The van der Waals surface area contributed by atoms with Crippen LogP contribution >= 0.6 is 23.1 Å². The van der Waals surface area contributed by atoms with Crippen LogP contribution in [0, 0.1) is 0 Å². The number of ether oxygens (including phenoxy) is 1. The molecule has 168 valence electrons. The maximum Gasteiger partial charge on any atom is 0.242 e. The summed E-state index contributed by atoms with van der Waals surface area (Å²) >= 11 is 7.63. The van der Waals surface area contributed by atoms with Crippen LogP contribution in [-0.4, -0.2) is 67.0 Å². The number of para-hydroxylation sites is 1. The molecule has 1 aliphatic rings. The molecule has 2 heterocycles. The predicted octanol–water partition coefficient (Wildman–Crippen LogP) is 3.58. The number of methoxy groups -OCH3 is 1. The van der Waals surface area contributed by atoms with Gasteiger partial charge in [-0.1, -0.05) is 35.9 Å². The van der Waals surface area contributed by atoms with Crippen LogP contribution < -0.4 is 14.5 Å². The van der Waals surface area contributed by atoms with Crippen LogP contribution in [0.15, 0.2) is 48.5 Å². The van der Waals surface area contributed by atoms with E-state index in [-0.39, 0.29) is 12.5 Å². The smallest absolute Gasteiger partial charge is 0.242 e. The highest BCUT2D eigenvalue weighted by atomic mass is 35.5. The van der Waals surface area contributed by atoms with Crippen LogP contribution in [0.3, 0.4) is 0 Å². The van der Waals surface area contributed by atoms with E-state index in [0.29, 0.717) is 19.5 Å². The van der Waals surface area contributed by atoms with Crippen molar-refractivity contribution in [2.24, 2.45) is 0 Å². The molecule has 0 aliphatic carbocycles. The van der Waals surface area contributed by atoms with Crippen molar-refractivity contribution >= 4 is 39.9 Å². The highest BCUT2D eigenvalue weighted by Crippen LogP contribution is 2.26. The van der Waals surface area contributed by atoms with Gasteiger partial charge in [-0.15, -0.1) is 0 Å². The van der Waals surface area contributed by atoms with Gasteiger partial charge in [0.15, 0.2) is 0 Å². The number of carbonyl (C=O) groups is 1. The number of piperazine rings is 1. The summed E-state index contributed by atoms with van der Waals surface area (Å²) in [4.78, 5) is 23.5. The van der Waals surface area contributed by atoms with Crippen molar-refractivity contribution in [1.82, 2.24) is 14.3 Å². The fourth-order valence-electron chi connectivity index (χ4n) is 3.71. The first-order valence-electron chi connectivity index (χ1n) is 10.5. The zero-order valence-electron chi connectivity index (χ0n) is 18.2. The minimum absolute atomic E-state index is 0.0934. The lowest BCUT2D eigenvalue weighted by atomic mass is 10.1. The lowest BCUT2D eigenvalue weighted by molar-refractivity contribution is -0.129. The minimum Gasteiger partial charge on any atom is -0.497 e. The predicted molar refractivity (Wildman–Crippen MR) is 129 cm³/mol. The number of amides is 1. The van der Waals surface area contributed by atoms with Crippen LogP contribution in [0.1, 0.15) is 11.4 Å². The number of hydrogen-bond acceptors (Lipinski definition) is 7. The summed E-state index contributed by atoms with van der Waals surface area (Å²) in [5, 5.41) is 1.49. The van der Waals surface area contributed by atoms with E-state index in [1.54, 1.807) is 7.11 Å². The zero-order valence-corrected chi connectivity index (χ0v) is 19.8. The maximum absolute atomic E-state index is 12.8. The summed E-state index contributed by atoms with van der Waals surface area (Å²) in [6.45, 7) is 3.16. The van der Waals surface area contributed by atoms with Gasteiger partial charge in [0, 0.05) is 51.2 Å². The Labute approximate surface area is 197 Å². The molecule has 1 saturated heterocycles. The second-order valence-electron chi connectivity index (χ2n) is 7.70. The number of aromatic nitrogens is 2.